The van der Waals surface area contributed by atoms with Gasteiger partial charge in [0.2, 0.25) is 0 Å². The first kappa shape index (κ1) is 15.7. The Balaban J connectivity index is 2.13. The van der Waals surface area contributed by atoms with Crippen LogP contribution in [-0.2, 0) is 9.53 Å². The maximum absolute atomic E-state index is 12.0. The van der Waals surface area contributed by atoms with Gasteiger partial charge >= 0.3 is 5.97 Å². The molecule has 1 aliphatic rings. The number of likely N-dealkylation sites (tertiary alicyclic amines) is 1. The SMILES string of the molecule is CCOC(=O)C(=O)c1cccc(C2CCCN(C)CC2)c1. The molecule has 0 radical (unpaired) electrons. The number of Topliss-reactive ketones (excluding diaryl/α,β-unsaturated/α-hetero) is 1. The summed E-state index contributed by atoms with van der Waals surface area (Å²) in [5.74, 6) is -0.857. The molecule has 1 atom stereocenters. The molecule has 0 saturated carbocycles. The number of esters is 1. The highest BCUT2D eigenvalue weighted by Crippen LogP contribution is 2.28. The zero-order valence-corrected chi connectivity index (χ0v) is 12.8. The molecule has 0 bridgehead atoms. The Morgan fingerprint density at radius 1 is 1.29 bits per heavy atom. The van der Waals surface area contributed by atoms with Crippen molar-refractivity contribution in [2.24, 2.45) is 0 Å². The fourth-order valence-corrected chi connectivity index (χ4v) is 2.82. The van der Waals surface area contributed by atoms with Gasteiger partial charge < -0.3 is 9.64 Å². The molecule has 0 amide bonds. The van der Waals surface area contributed by atoms with Crippen molar-refractivity contribution in [3.8, 4) is 0 Å². The third-order valence-electron chi connectivity index (χ3n) is 4.03. The second kappa shape index (κ2) is 7.36. The van der Waals surface area contributed by atoms with E-state index in [0.29, 0.717) is 11.5 Å². The number of carbonyl (C=O) groups excluding carboxylic acids is 2. The lowest BCUT2D eigenvalue weighted by molar-refractivity contribution is -0.137. The summed E-state index contributed by atoms with van der Waals surface area (Å²) in [6, 6.07) is 7.45. The van der Waals surface area contributed by atoms with E-state index in [4.69, 9.17) is 4.74 Å². The number of hydrogen-bond acceptors (Lipinski definition) is 4. The Morgan fingerprint density at radius 3 is 2.86 bits per heavy atom. The first-order valence-corrected chi connectivity index (χ1v) is 7.61. The Kier molecular flexibility index (Phi) is 5.51. The summed E-state index contributed by atoms with van der Waals surface area (Å²) in [4.78, 5) is 25.9. The number of nitrogens with zero attached hydrogens (tertiary/aromatic N) is 1. The van der Waals surface area contributed by atoms with Crippen molar-refractivity contribution >= 4 is 11.8 Å². The fraction of sp³-hybridized carbons (Fsp3) is 0.529. The van der Waals surface area contributed by atoms with Gasteiger partial charge in [-0.3, -0.25) is 4.79 Å². The fourth-order valence-electron chi connectivity index (χ4n) is 2.82. The van der Waals surface area contributed by atoms with Crippen molar-refractivity contribution in [2.45, 2.75) is 32.1 Å². The van der Waals surface area contributed by atoms with Gasteiger partial charge in [0.1, 0.15) is 0 Å². The van der Waals surface area contributed by atoms with Crippen LogP contribution in [0.1, 0.15) is 48.0 Å². The van der Waals surface area contributed by atoms with E-state index in [-0.39, 0.29) is 6.61 Å². The minimum Gasteiger partial charge on any atom is -0.460 e. The van der Waals surface area contributed by atoms with Crippen molar-refractivity contribution in [2.75, 3.05) is 26.7 Å². The van der Waals surface area contributed by atoms with Gasteiger partial charge in [0, 0.05) is 5.56 Å². The molecule has 114 valence electrons. The highest BCUT2D eigenvalue weighted by molar-refractivity contribution is 6.40. The van der Waals surface area contributed by atoms with E-state index in [2.05, 4.69) is 18.0 Å². The molecule has 2 rings (SSSR count). The lowest BCUT2D eigenvalue weighted by atomic mass is 9.90. The molecular weight excluding hydrogens is 266 g/mol. The summed E-state index contributed by atoms with van der Waals surface area (Å²) in [5, 5.41) is 0. The summed E-state index contributed by atoms with van der Waals surface area (Å²) < 4.78 is 4.78. The highest BCUT2D eigenvalue weighted by atomic mass is 16.5. The normalized spacial score (nSPS) is 19.8. The van der Waals surface area contributed by atoms with Crippen LogP contribution in [-0.4, -0.2) is 43.4 Å². The van der Waals surface area contributed by atoms with E-state index in [1.807, 2.05) is 12.1 Å². The zero-order valence-electron chi connectivity index (χ0n) is 12.8. The molecule has 0 spiro atoms. The predicted octanol–water partition coefficient (Wildman–Crippen LogP) is 2.63. The minimum absolute atomic E-state index is 0.221. The second-order valence-electron chi connectivity index (χ2n) is 5.61. The van der Waals surface area contributed by atoms with Crippen LogP contribution < -0.4 is 0 Å². The van der Waals surface area contributed by atoms with Gasteiger partial charge in [0.25, 0.3) is 5.78 Å². The van der Waals surface area contributed by atoms with Crippen LogP contribution in [0.15, 0.2) is 24.3 Å². The molecule has 1 heterocycles. The average Bonchev–Trinajstić information content (AvgIpc) is 2.71. The van der Waals surface area contributed by atoms with E-state index < -0.39 is 11.8 Å². The van der Waals surface area contributed by atoms with Crippen LogP contribution in [0.2, 0.25) is 0 Å². The third-order valence-corrected chi connectivity index (χ3v) is 4.03. The Hall–Kier alpha value is -1.68. The highest BCUT2D eigenvalue weighted by Gasteiger charge is 2.21. The molecule has 0 aromatic heterocycles. The van der Waals surface area contributed by atoms with Crippen molar-refractivity contribution in [3.05, 3.63) is 35.4 Å². The molecule has 1 fully saturated rings. The monoisotopic (exact) mass is 289 g/mol. The molecule has 1 unspecified atom stereocenters. The van der Waals surface area contributed by atoms with E-state index in [1.54, 1.807) is 13.0 Å². The van der Waals surface area contributed by atoms with Crippen LogP contribution >= 0.6 is 0 Å². The maximum Gasteiger partial charge on any atom is 0.379 e. The number of ether oxygens (including phenoxy) is 1. The largest absolute Gasteiger partial charge is 0.460 e. The maximum atomic E-state index is 12.0. The van der Waals surface area contributed by atoms with E-state index in [0.717, 1.165) is 37.9 Å². The molecule has 0 aliphatic carbocycles. The molecule has 1 aromatic carbocycles. The van der Waals surface area contributed by atoms with Crippen molar-refractivity contribution in [1.29, 1.82) is 0 Å². The molecule has 1 aliphatic heterocycles. The Labute approximate surface area is 126 Å². The Bertz CT molecular complexity index is 513. The zero-order chi connectivity index (χ0) is 15.2. The standard InChI is InChI=1S/C17H23NO3/c1-3-21-17(20)16(19)15-7-4-6-14(12-15)13-8-5-10-18(2)11-9-13/h4,6-7,12-13H,3,5,8-11H2,1-2H3. The van der Waals surface area contributed by atoms with Gasteiger partial charge in [-0.05, 0) is 63.9 Å². The van der Waals surface area contributed by atoms with Gasteiger partial charge in [-0.1, -0.05) is 18.2 Å². The molecule has 4 nitrogen and oxygen atoms in total. The predicted molar refractivity (Wildman–Crippen MR) is 81.5 cm³/mol. The van der Waals surface area contributed by atoms with Crippen molar-refractivity contribution < 1.29 is 14.3 Å². The topological polar surface area (TPSA) is 46.6 Å². The van der Waals surface area contributed by atoms with E-state index in [9.17, 15) is 9.59 Å². The molecule has 0 N–H and O–H groups in total. The van der Waals surface area contributed by atoms with Gasteiger partial charge in [0.15, 0.2) is 0 Å². The summed E-state index contributed by atoms with van der Waals surface area (Å²) >= 11 is 0. The van der Waals surface area contributed by atoms with Crippen LogP contribution in [0, 0.1) is 0 Å². The van der Waals surface area contributed by atoms with Crippen LogP contribution in [0.25, 0.3) is 0 Å². The van der Waals surface area contributed by atoms with Crippen molar-refractivity contribution in [3.63, 3.8) is 0 Å². The smallest absolute Gasteiger partial charge is 0.379 e. The van der Waals surface area contributed by atoms with Gasteiger partial charge in [0.05, 0.1) is 6.61 Å². The first-order valence-electron chi connectivity index (χ1n) is 7.61. The lowest BCUT2D eigenvalue weighted by Crippen LogP contribution is -2.19. The number of rotatable bonds is 4. The summed E-state index contributed by atoms with van der Waals surface area (Å²) in [7, 11) is 2.14. The number of carbonyl (C=O) groups is 2. The van der Waals surface area contributed by atoms with Gasteiger partial charge in [-0.2, -0.15) is 0 Å². The lowest BCUT2D eigenvalue weighted by Gasteiger charge is -2.16. The Morgan fingerprint density at radius 2 is 2.10 bits per heavy atom. The molecule has 1 aromatic rings. The molecule has 4 heteroatoms. The molecule has 21 heavy (non-hydrogen) atoms. The summed E-state index contributed by atoms with van der Waals surface area (Å²) in [6.07, 6.45) is 3.38. The number of benzene rings is 1. The second-order valence-corrected chi connectivity index (χ2v) is 5.61. The van der Waals surface area contributed by atoms with Crippen LogP contribution in [0.4, 0.5) is 0 Å². The summed E-state index contributed by atoms with van der Waals surface area (Å²) in [5.41, 5.74) is 1.59. The van der Waals surface area contributed by atoms with E-state index in [1.165, 1.54) is 0 Å². The molecular formula is C17H23NO3. The summed E-state index contributed by atoms with van der Waals surface area (Å²) in [6.45, 7) is 4.11. The van der Waals surface area contributed by atoms with Crippen LogP contribution in [0.5, 0.6) is 0 Å². The number of ketones is 1. The van der Waals surface area contributed by atoms with E-state index >= 15 is 0 Å². The first-order chi connectivity index (χ1) is 10.1. The van der Waals surface area contributed by atoms with Crippen LogP contribution in [0.3, 0.4) is 0 Å². The van der Waals surface area contributed by atoms with Gasteiger partial charge in [-0.15, -0.1) is 0 Å². The third kappa shape index (κ3) is 4.14. The quantitative estimate of drug-likeness (QED) is 0.485. The van der Waals surface area contributed by atoms with Gasteiger partial charge in [-0.25, -0.2) is 4.79 Å². The molecule has 1 saturated heterocycles. The van der Waals surface area contributed by atoms with Crippen molar-refractivity contribution in [1.82, 2.24) is 4.90 Å². The number of hydrogen-bond donors (Lipinski definition) is 0. The minimum atomic E-state index is -0.768. The average molecular weight is 289 g/mol.